The van der Waals surface area contributed by atoms with E-state index in [1.54, 1.807) is 4.90 Å². The van der Waals surface area contributed by atoms with Crippen LogP contribution >= 0.6 is 0 Å². The van der Waals surface area contributed by atoms with E-state index in [1.807, 2.05) is 37.4 Å². The summed E-state index contributed by atoms with van der Waals surface area (Å²) < 4.78 is 124. The molecule has 0 aliphatic carbocycles. The quantitative estimate of drug-likeness (QED) is 0.275. The maximum absolute atomic E-state index is 14.0. The first-order chi connectivity index (χ1) is 22.4. The van der Waals surface area contributed by atoms with Crippen LogP contribution in [0.3, 0.4) is 0 Å². The normalized spacial score (nSPS) is 18.1. The Morgan fingerprint density at radius 2 is 1.50 bits per heavy atom. The molecule has 48 heavy (non-hydrogen) atoms. The minimum atomic E-state index is -6.13. The molecular weight excluding hydrogens is 667 g/mol. The smallest absolute Gasteiger partial charge is 0.374 e. The van der Waals surface area contributed by atoms with E-state index < -0.39 is 45.4 Å². The summed E-state index contributed by atoms with van der Waals surface area (Å²) in [5, 5.41) is 9.96. The number of carbonyl (C=O) groups is 1. The number of hydrogen-bond donors (Lipinski definition) is 1. The second kappa shape index (κ2) is 13.2. The highest BCUT2D eigenvalue weighted by Gasteiger charge is 2.71. The summed E-state index contributed by atoms with van der Waals surface area (Å²) in [4.78, 5) is 16.9. The Morgan fingerprint density at radius 3 is 2.08 bits per heavy atom. The fraction of sp³-hybridized carbons (Fsp3) is 0.424. The van der Waals surface area contributed by atoms with Crippen LogP contribution in [0, 0.1) is 11.7 Å². The molecule has 0 aromatic heterocycles. The number of anilines is 2. The zero-order valence-electron chi connectivity index (χ0n) is 25.8. The number of benzene rings is 3. The van der Waals surface area contributed by atoms with Crippen LogP contribution in [-0.2, 0) is 26.8 Å². The summed E-state index contributed by atoms with van der Waals surface area (Å²) in [5.41, 5.74) is -6.09. The number of sulfonamides is 1. The monoisotopic (exact) mass is 701 g/mol. The van der Waals surface area contributed by atoms with Gasteiger partial charge in [-0.05, 0) is 79.6 Å². The number of likely N-dealkylation sites (tertiary alicyclic amines) is 1. The van der Waals surface area contributed by atoms with Crippen LogP contribution < -0.4 is 9.21 Å². The fourth-order valence-corrected chi connectivity index (χ4v) is 8.17. The second-order valence-corrected chi connectivity index (χ2v) is 14.1. The summed E-state index contributed by atoms with van der Waals surface area (Å²) in [5.74, 6) is -0.781. The molecule has 7 nitrogen and oxygen atoms in total. The van der Waals surface area contributed by atoms with Gasteiger partial charge in [-0.3, -0.25) is 9.10 Å². The lowest BCUT2D eigenvalue weighted by Gasteiger charge is -2.40. The topological polar surface area (TPSA) is 81.2 Å². The number of piperidine rings is 1. The first-order valence-corrected chi connectivity index (χ1v) is 16.7. The summed E-state index contributed by atoms with van der Waals surface area (Å²) in [6.07, 6.45) is -11.4. The van der Waals surface area contributed by atoms with Gasteiger partial charge in [-0.25, -0.2) is 12.8 Å². The lowest BCUT2D eigenvalue weighted by molar-refractivity contribution is -0.376. The van der Waals surface area contributed by atoms with Crippen LogP contribution in [0.5, 0.6) is 0 Å². The molecule has 0 radical (unpaired) electrons. The standard InChI is InChI=1S/C33H34F7N3O4S/c1-41(26-5-3-2-4-6-26)21-22-15-17-42(18-16-22)30(44)20-27-11-7-23-19-24(31(45,32(35,36)37)33(38,39)40)8-14-29(23)43(27)48(46,47)28-12-9-25(34)10-13-28/h2-6,8-10,12-14,19,22,27,45H,7,11,15-18,20-21H2,1H3/t27-/m0/s1. The van der Waals surface area contributed by atoms with Crippen molar-refractivity contribution >= 4 is 27.3 Å². The van der Waals surface area contributed by atoms with Gasteiger partial charge in [-0.1, -0.05) is 30.3 Å². The van der Waals surface area contributed by atoms with E-state index in [-0.39, 0.29) is 41.3 Å². The Bertz CT molecular complexity index is 1700. The fourth-order valence-electron chi connectivity index (χ4n) is 6.45. The number of alkyl halides is 6. The van der Waals surface area contributed by atoms with Gasteiger partial charge in [0.25, 0.3) is 15.6 Å². The van der Waals surface area contributed by atoms with E-state index in [2.05, 4.69) is 4.90 Å². The van der Waals surface area contributed by atoms with Gasteiger partial charge in [-0.2, -0.15) is 26.3 Å². The molecule has 1 amide bonds. The lowest BCUT2D eigenvalue weighted by atomic mass is 9.87. The number of carbonyl (C=O) groups excluding carboxylic acids is 1. The van der Waals surface area contributed by atoms with Crippen LogP contribution in [0.25, 0.3) is 0 Å². The molecule has 0 spiro atoms. The van der Waals surface area contributed by atoms with Gasteiger partial charge >= 0.3 is 12.4 Å². The van der Waals surface area contributed by atoms with E-state index in [0.29, 0.717) is 44.0 Å². The minimum absolute atomic E-state index is 0.114. The van der Waals surface area contributed by atoms with Crippen molar-refractivity contribution in [2.24, 2.45) is 5.92 Å². The number of rotatable bonds is 8. The molecule has 15 heteroatoms. The molecule has 2 aliphatic heterocycles. The number of nitrogens with zero attached hydrogens (tertiary/aromatic N) is 3. The average Bonchev–Trinajstić information content (AvgIpc) is 3.03. The Morgan fingerprint density at radius 1 is 0.896 bits per heavy atom. The van der Waals surface area contributed by atoms with E-state index in [1.165, 1.54) is 0 Å². The van der Waals surface area contributed by atoms with Gasteiger partial charge in [0.05, 0.1) is 16.6 Å². The van der Waals surface area contributed by atoms with Crippen molar-refractivity contribution < 1.29 is 49.1 Å². The molecule has 1 saturated heterocycles. The van der Waals surface area contributed by atoms with Crippen LogP contribution in [0.15, 0.2) is 77.7 Å². The number of aryl methyl sites for hydroxylation is 1. The van der Waals surface area contributed by atoms with Crippen molar-refractivity contribution in [3.63, 3.8) is 0 Å². The molecule has 3 aromatic rings. The number of halogens is 7. The highest BCUT2D eigenvalue weighted by molar-refractivity contribution is 7.92. The molecule has 260 valence electrons. The van der Waals surface area contributed by atoms with E-state index in [4.69, 9.17) is 0 Å². The van der Waals surface area contributed by atoms with Crippen LogP contribution in [0.1, 0.15) is 36.8 Å². The molecular formula is C33H34F7N3O4S. The summed E-state index contributed by atoms with van der Waals surface area (Å²) >= 11 is 0. The second-order valence-electron chi connectivity index (χ2n) is 12.2. The molecule has 1 fully saturated rings. The van der Waals surface area contributed by atoms with Crippen LogP contribution in [0.2, 0.25) is 0 Å². The lowest BCUT2D eigenvalue weighted by Crippen LogP contribution is -2.54. The van der Waals surface area contributed by atoms with Crippen LogP contribution in [-0.4, -0.2) is 69.4 Å². The molecule has 5 rings (SSSR count). The number of amides is 1. The molecule has 1 atom stereocenters. The highest BCUT2D eigenvalue weighted by atomic mass is 32.2. The van der Waals surface area contributed by atoms with Crippen molar-refractivity contribution in [2.45, 2.75) is 61.0 Å². The van der Waals surface area contributed by atoms with Crippen molar-refractivity contribution in [1.82, 2.24) is 4.90 Å². The van der Waals surface area contributed by atoms with Gasteiger partial charge in [0, 0.05) is 44.4 Å². The zero-order valence-corrected chi connectivity index (χ0v) is 26.6. The van der Waals surface area contributed by atoms with Gasteiger partial charge in [0.15, 0.2) is 0 Å². The van der Waals surface area contributed by atoms with Crippen molar-refractivity contribution in [2.75, 3.05) is 35.9 Å². The van der Waals surface area contributed by atoms with E-state index in [9.17, 15) is 49.1 Å². The molecule has 3 aromatic carbocycles. The summed E-state index contributed by atoms with van der Waals surface area (Å²) in [6.45, 7) is 1.63. The number of para-hydroxylation sites is 1. The number of fused-ring (bicyclic) bond motifs is 1. The van der Waals surface area contributed by atoms with Crippen molar-refractivity contribution in [3.8, 4) is 0 Å². The van der Waals surface area contributed by atoms with Crippen molar-refractivity contribution in [1.29, 1.82) is 0 Å². The van der Waals surface area contributed by atoms with Crippen LogP contribution in [0.4, 0.5) is 42.1 Å². The Hall–Kier alpha value is -3.85. The molecule has 0 unspecified atom stereocenters. The number of hydrogen-bond acceptors (Lipinski definition) is 5. The SMILES string of the molecule is CN(CC1CCN(C(=O)C[C@@H]2CCc3cc(C(O)(C(F)(F)F)C(F)(F)F)ccc3N2S(=O)(=O)c2ccc(F)cc2)CC1)c1ccccc1. The Balaban J connectivity index is 1.40. The maximum atomic E-state index is 14.0. The largest absolute Gasteiger partial charge is 0.430 e. The first-order valence-electron chi connectivity index (χ1n) is 15.3. The Kier molecular flexibility index (Phi) is 9.77. The maximum Gasteiger partial charge on any atom is 0.430 e. The Labute approximate surface area is 273 Å². The molecule has 0 bridgehead atoms. The summed E-state index contributed by atoms with van der Waals surface area (Å²) in [7, 11) is -2.60. The van der Waals surface area contributed by atoms with Gasteiger partial charge < -0.3 is 14.9 Å². The third-order valence-electron chi connectivity index (χ3n) is 9.11. The molecule has 2 heterocycles. The molecule has 0 saturated carbocycles. The first kappa shape index (κ1) is 35.5. The predicted molar refractivity (Wildman–Crippen MR) is 164 cm³/mol. The van der Waals surface area contributed by atoms with E-state index in [0.717, 1.165) is 46.9 Å². The average molecular weight is 702 g/mol. The van der Waals surface area contributed by atoms with E-state index >= 15 is 0 Å². The zero-order chi connectivity index (χ0) is 35.1. The van der Waals surface area contributed by atoms with Crippen molar-refractivity contribution in [3.05, 3.63) is 89.7 Å². The van der Waals surface area contributed by atoms with Gasteiger partial charge in [-0.15, -0.1) is 0 Å². The molecule has 2 aliphatic rings. The van der Waals surface area contributed by atoms with Gasteiger partial charge in [0.1, 0.15) is 5.82 Å². The third-order valence-corrected chi connectivity index (χ3v) is 11.0. The highest BCUT2D eigenvalue weighted by Crippen LogP contribution is 2.51. The minimum Gasteiger partial charge on any atom is -0.374 e. The summed E-state index contributed by atoms with van der Waals surface area (Å²) in [6, 6.07) is 14.2. The molecule has 1 N–H and O–H groups in total. The predicted octanol–water partition coefficient (Wildman–Crippen LogP) is 6.41. The number of aliphatic hydroxyl groups is 1. The van der Waals surface area contributed by atoms with Gasteiger partial charge in [0.2, 0.25) is 5.91 Å². The third kappa shape index (κ3) is 6.84.